The van der Waals surface area contributed by atoms with Gasteiger partial charge in [-0.2, -0.15) is 0 Å². The Balaban J connectivity index is 2.00. The lowest BCUT2D eigenvalue weighted by atomic mass is 9.98. The largest absolute Gasteiger partial charge is 0.480 e. The quantitative estimate of drug-likeness (QED) is 0.939. The van der Waals surface area contributed by atoms with E-state index in [4.69, 9.17) is 5.11 Å². The van der Waals surface area contributed by atoms with Crippen LogP contribution >= 0.6 is 22.7 Å². The van der Waals surface area contributed by atoms with E-state index in [-0.39, 0.29) is 12.6 Å². The Kier molecular flexibility index (Phi) is 3.20. The van der Waals surface area contributed by atoms with Crippen LogP contribution in [0.4, 0.5) is 0 Å². The van der Waals surface area contributed by atoms with Gasteiger partial charge in [0.2, 0.25) is 0 Å². The summed E-state index contributed by atoms with van der Waals surface area (Å²) in [6.45, 7) is 0.931. The minimum atomic E-state index is -0.754. The molecule has 0 saturated carbocycles. The molecule has 0 aromatic carbocycles. The molecule has 1 aliphatic rings. The molecule has 0 spiro atoms. The first-order valence-corrected chi connectivity index (χ1v) is 7.57. The predicted octanol–water partition coefficient (Wildman–Crippen LogP) is 2.84. The van der Waals surface area contributed by atoms with Crippen LogP contribution in [-0.4, -0.2) is 29.1 Å². The Morgan fingerprint density at radius 2 is 2.28 bits per heavy atom. The molecule has 3 rings (SSSR count). The topological polar surface area (TPSA) is 40.5 Å². The molecule has 3 nitrogen and oxygen atoms in total. The molecule has 0 radical (unpaired) electrons. The van der Waals surface area contributed by atoms with E-state index >= 15 is 0 Å². The van der Waals surface area contributed by atoms with Gasteiger partial charge in [-0.1, -0.05) is 6.07 Å². The Bertz CT molecular complexity index is 547. The van der Waals surface area contributed by atoms with E-state index in [2.05, 4.69) is 27.8 Å². The number of carboxylic acid groups (broad SMARTS) is 1. The van der Waals surface area contributed by atoms with Gasteiger partial charge in [0.1, 0.15) is 0 Å². The van der Waals surface area contributed by atoms with Crippen LogP contribution in [0.1, 0.15) is 21.4 Å². The number of fused-ring (bicyclic) bond motifs is 1. The maximum atomic E-state index is 11.0. The third kappa shape index (κ3) is 2.09. The number of hydrogen-bond acceptors (Lipinski definition) is 4. The summed E-state index contributed by atoms with van der Waals surface area (Å²) in [5.74, 6) is -0.754. The van der Waals surface area contributed by atoms with Crippen molar-refractivity contribution >= 4 is 28.6 Å². The zero-order chi connectivity index (χ0) is 12.5. The summed E-state index contributed by atoms with van der Waals surface area (Å²) in [7, 11) is 0. The minimum Gasteiger partial charge on any atom is -0.480 e. The van der Waals surface area contributed by atoms with E-state index in [1.54, 1.807) is 22.7 Å². The zero-order valence-corrected chi connectivity index (χ0v) is 11.3. The van der Waals surface area contributed by atoms with Gasteiger partial charge in [-0.05, 0) is 34.9 Å². The maximum absolute atomic E-state index is 11.0. The zero-order valence-electron chi connectivity index (χ0n) is 9.70. The fourth-order valence-corrected chi connectivity index (χ4v) is 4.27. The van der Waals surface area contributed by atoms with Crippen molar-refractivity contribution in [1.82, 2.24) is 4.90 Å². The summed E-state index contributed by atoms with van der Waals surface area (Å²) in [5, 5.41) is 13.2. The van der Waals surface area contributed by atoms with Crippen LogP contribution in [0.15, 0.2) is 29.0 Å². The average molecular weight is 279 g/mol. The molecular formula is C13H13NO2S2. The lowest BCUT2D eigenvalue weighted by Gasteiger charge is -2.34. The molecule has 2 aromatic rings. The van der Waals surface area contributed by atoms with E-state index in [1.807, 2.05) is 6.07 Å². The van der Waals surface area contributed by atoms with Gasteiger partial charge in [-0.25, -0.2) is 0 Å². The number of carbonyl (C=O) groups is 1. The van der Waals surface area contributed by atoms with Crippen molar-refractivity contribution in [1.29, 1.82) is 0 Å². The summed E-state index contributed by atoms with van der Waals surface area (Å²) < 4.78 is 0. The summed E-state index contributed by atoms with van der Waals surface area (Å²) in [6, 6.07) is 6.38. The molecular weight excluding hydrogens is 266 g/mol. The Morgan fingerprint density at radius 3 is 3.00 bits per heavy atom. The first-order valence-electron chi connectivity index (χ1n) is 5.81. The minimum absolute atomic E-state index is 0.109. The van der Waals surface area contributed by atoms with Gasteiger partial charge in [0.25, 0.3) is 0 Å². The Labute approximate surface area is 113 Å². The smallest absolute Gasteiger partial charge is 0.317 e. The highest BCUT2D eigenvalue weighted by Gasteiger charge is 2.31. The van der Waals surface area contributed by atoms with Crippen LogP contribution in [0.2, 0.25) is 0 Å². The third-order valence-corrected chi connectivity index (χ3v) is 5.14. The first kappa shape index (κ1) is 11.9. The van der Waals surface area contributed by atoms with Crippen LogP contribution < -0.4 is 0 Å². The molecule has 0 aliphatic carbocycles. The van der Waals surface area contributed by atoms with E-state index in [1.165, 1.54) is 15.3 Å². The summed E-state index contributed by atoms with van der Waals surface area (Å²) >= 11 is 3.48. The molecule has 2 aromatic heterocycles. The van der Waals surface area contributed by atoms with E-state index in [0.29, 0.717) is 0 Å². The number of rotatable bonds is 3. The monoisotopic (exact) mass is 279 g/mol. The molecule has 1 unspecified atom stereocenters. The van der Waals surface area contributed by atoms with Gasteiger partial charge in [0, 0.05) is 16.3 Å². The van der Waals surface area contributed by atoms with Crippen molar-refractivity contribution in [2.24, 2.45) is 0 Å². The van der Waals surface area contributed by atoms with Crippen molar-refractivity contribution in [3.8, 4) is 0 Å². The lowest BCUT2D eigenvalue weighted by molar-refractivity contribution is -0.138. The molecule has 0 bridgehead atoms. The molecule has 1 atom stereocenters. The number of carboxylic acids is 1. The van der Waals surface area contributed by atoms with Crippen molar-refractivity contribution in [3.63, 3.8) is 0 Å². The molecule has 1 aliphatic heterocycles. The van der Waals surface area contributed by atoms with Crippen molar-refractivity contribution < 1.29 is 9.90 Å². The van der Waals surface area contributed by atoms with E-state index < -0.39 is 5.97 Å². The Hall–Kier alpha value is -1.17. The summed E-state index contributed by atoms with van der Waals surface area (Å²) in [6.07, 6.45) is 0.960. The normalized spacial score (nSPS) is 19.7. The number of thiophene rings is 2. The van der Waals surface area contributed by atoms with Gasteiger partial charge < -0.3 is 5.11 Å². The number of aliphatic carboxylic acids is 1. The number of nitrogens with zero attached hydrogens (tertiary/aromatic N) is 1. The van der Waals surface area contributed by atoms with Gasteiger partial charge >= 0.3 is 5.97 Å². The molecule has 18 heavy (non-hydrogen) atoms. The average Bonchev–Trinajstić information content (AvgIpc) is 2.97. The second-order valence-corrected chi connectivity index (χ2v) is 6.31. The van der Waals surface area contributed by atoms with Gasteiger partial charge in [-0.3, -0.25) is 9.69 Å². The summed E-state index contributed by atoms with van der Waals surface area (Å²) in [4.78, 5) is 15.7. The predicted molar refractivity (Wildman–Crippen MR) is 73.4 cm³/mol. The van der Waals surface area contributed by atoms with Crippen molar-refractivity contribution in [3.05, 3.63) is 44.3 Å². The standard InChI is InChI=1S/C13H13NO2S2/c15-12(16)8-14-5-3-10-9(4-7-18-10)13(14)11-2-1-6-17-11/h1-2,4,6-7,13H,3,5,8H2,(H,15,16). The van der Waals surface area contributed by atoms with E-state index in [9.17, 15) is 4.79 Å². The molecule has 5 heteroatoms. The highest BCUT2D eigenvalue weighted by molar-refractivity contribution is 7.10. The second kappa shape index (κ2) is 4.84. The molecule has 3 heterocycles. The van der Waals surface area contributed by atoms with Crippen molar-refractivity contribution in [2.75, 3.05) is 13.1 Å². The van der Waals surface area contributed by atoms with Gasteiger partial charge in [-0.15, -0.1) is 22.7 Å². The maximum Gasteiger partial charge on any atom is 0.317 e. The second-order valence-electron chi connectivity index (χ2n) is 4.33. The molecule has 0 saturated heterocycles. The number of hydrogen-bond donors (Lipinski definition) is 1. The molecule has 1 N–H and O–H groups in total. The molecule has 0 fully saturated rings. The van der Waals surface area contributed by atoms with Gasteiger partial charge in [0.05, 0.1) is 12.6 Å². The fraction of sp³-hybridized carbons (Fsp3) is 0.308. The third-order valence-electron chi connectivity index (χ3n) is 3.22. The highest BCUT2D eigenvalue weighted by atomic mass is 32.1. The Morgan fingerprint density at radius 1 is 1.39 bits per heavy atom. The SMILES string of the molecule is O=C(O)CN1CCc2sccc2C1c1cccs1. The van der Waals surface area contributed by atoms with Crippen LogP contribution in [-0.2, 0) is 11.2 Å². The van der Waals surface area contributed by atoms with E-state index in [0.717, 1.165) is 13.0 Å². The van der Waals surface area contributed by atoms with Crippen molar-refractivity contribution in [2.45, 2.75) is 12.5 Å². The highest BCUT2D eigenvalue weighted by Crippen LogP contribution is 2.39. The molecule has 0 amide bonds. The van der Waals surface area contributed by atoms with Crippen LogP contribution in [0.25, 0.3) is 0 Å². The van der Waals surface area contributed by atoms with Gasteiger partial charge in [0.15, 0.2) is 0 Å². The van der Waals surface area contributed by atoms with Crippen LogP contribution in [0.3, 0.4) is 0 Å². The lowest BCUT2D eigenvalue weighted by Crippen LogP contribution is -2.38. The first-order chi connectivity index (χ1) is 8.75. The summed E-state index contributed by atoms with van der Waals surface area (Å²) in [5.41, 5.74) is 1.29. The molecule has 94 valence electrons. The van der Waals surface area contributed by atoms with Crippen LogP contribution in [0, 0.1) is 0 Å². The fourth-order valence-electron chi connectivity index (χ4n) is 2.49. The van der Waals surface area contributed by atoms with Crippen LogP contribution in [0.5, 0.6) is 0 Å².